The highest BCUT2D eigenvalue weighted by Gasteiger charge is 2.14. The van der Waals surface area contributed by atoms with Gasteiger partial charge < -0.3 is 9.47 Å². The molecule has 0 unspecified atom stereocenters. The van der Waals surface area contributed by atoms with Crippen LogP contribution in [0.3, 0.4) is 0 Å². The molecule has 0 amide bonds. The smallest absolute Gasteiger partial charge is 0.218 e. The van der Waals surface area contributed by atoms with Gasteiger partial charge in [-0.1, -0.05) is 162 Å². The molecule has 36 heavy (non-hydrogen) atoms. The molecule has 0 radical (unpaired) electrons. The van der Waals surface area contributed by atoms with Gasteiger partial charge in [-0.3, -0.25) is 4.90 Å². The molecule has 0 N–H and O–H groups in total. The van der Waals surface area contributed by atoms with Crippen molar-refractivity contribution in [3.63, 3.8) is 0 Å². The Morgan fingerprint density at radius 2 is 0.667 bits per heavy atom. The number of hydrogen-bond donors (Lipinski definition) is 0. The number of ether oxygens (including phenoxy) is 2. The van der Waals surface area contributed by atoms with Gasteiger partial charge >= 0.3 is 0 Å². The first kappa shape index (κ1) is 35.9. The Morgan fingerprint density at radius 3 is 0.944 bits per heavy atom. The van der Waals surface area contributed by atoms with Crippen molar-refractivity contribution in [2.24, 2.45) is 0 Å². The molecular formula is C33H69NO2. The zero-order valence-corrected chi connectivity index (χ0v) is 25.6. The highest BCUT2D eigenvalue weighted by Crippen LogP contribution is 2.14. The van der Waals surface area contributed by atoms with Crippen molar-refractivity contribution in [3.05, 3.63) is 0 Å². The molecule has 0 aromatic carbocycles. The zero-order valence-electron chi connectivity index (χ0n) is 25.6. The van der Waals surface area contributed by atoms with E-state index >= 15 is 0 Å². The molecule has 3 heteroatoms. The van der Waals surface area contributed by atoms with Crippen LogP contribution in [0.25, 0.3) is 0 Å². The maximum absolute atomic E-state index is 6.16. The Labute approximate surface area is 228 Å². The molecule has 0 saturated heterocycles. The summed E-state index contributed by atoms with van der Waals surface area (Å²) in [6.45, 7) is 9.50. The standard InChI is InChI=1S/C33H69NO2/c1-5-8-10-12-14-16-18-20-22-24-26-28-31-35-33(34(4)30-7-3)36-32-29-27-25-23-21-19-17-15-13-11-9-6-2/h33H,5-32H2,1-4H3. The fraction of sp³-hybridized carbons (Fsp3) is 1.00. The van der Waals surface area contributed by atoms with Crippen molar-refractivity contribution in [2.45, 2.75) is 188 Å². The number of rotatable bonds is 31. The second-order valence-electron chi connectivity index (χ2n) is 11.3. The van der Waals surface area contributed by atoms with E-state index in [0.717, 1.165) is 39.0 Å². The number of unbranched alkanes of at least 4 members (excludes halogenated alkanes) is 22. The van der Waals surface area contributed by atoms with Gasteiger partial charge in [0.05, 0.1) is 13.2 Å². The predicted octanol–water partition coefficient (Wildman–Crippen LogP) is 11.0. The third kappa shape index (κ3) is 26.9. The second kappa shape index (κ2) is 31.1. The molecule has 0 bridgehead atoms. The molecule has 3 nitrogen and oxygen atoms in total. The quantitative estimate of drug-likeness (QED) is 0.0682. The molecule has 0 fully saturated rings. The molecule has 0 atom stereocenters. The number of hydrogen-bond acceptors (Lipinski definition) is 3. The van der Waals surface area contributed by atoms with Crippen LogP contribution < -0.4 is 0 Å². The van der Waals surface area contributed by atoms with Gasteiger partial charge in [-0.05, 0) is 26.3 Å². The SMILES string of the molecule is CCCCCCCCCCCCCCOC(OCCCCCCCCCCCCCC)N(C)CCC. The third-order valence-corrected chi connectivity index (χ3v) is 7.45. The summed E-state index contributed by atoms with van der Waals surface area (Å²) in [6.07, 6.45) is 34.1. The molecule has 0 aliphatic heterocycles. The first-order chi connectivity index (χ1) is 17.8. The van der Waals surface area contributed by atoms with Gasteiger partial charge in [0.2, 0.25) is 6.41 Å². The molecule has 0 spiro atoms. The van der Waals surface area contributed by atoms with E-state index in [0.29, 0.717) is 0 Å². The summed E-state index contributed by atoms with van der Waals surface area (Å²) < 4.78 is 12.3. The van der Waals surface area contributed by atoms with Gasteiger partial charge in [0.1, 0.15) is 0 Å². The first-order valence-electron chi connectivity index (χ1n) is 16.7. The van der Waals surface area contributed by atoms with Crippen molar-refractivity contribution in [2.75, 3.05) is 26.8 Å². The molecule has 0 rings (SSSR count). The molecule has 0 aliphatic carbocycles. The van der Waals surface area contributed by atoms with E-state index < -0.39 is 0 Å². The summed E-state index contributed by atoms with van der Waals surface area (Å²) >= 11 is 0. The van der Waals surface area contributed by atoms with E-state index in [1.807, 2.05) is 0 Å². The molecule has 218 valence electrons. The highest BCUT2D eigenvalue weighted by molar-refractivity contribution is 4.53. The normalized spacial score (nSPS) is 11.8. The Hall–Kier alpha value is -0.120. The summed E-state index contributed by atoms with van der Waals surface area (Å²) in [5.74, 6) is 0. The van der Waals surface area contributed by atoms with E-state index in [-0.39, 0.29) is 6.41 Å². The monoisotopic (exact) mass is 512 g/mol. The van der Waals surface area contributed by atoms with E-state index in [1.165, 1.54) is 141 Å². The van der Waals surface area contributed by atoms with Gasteiger partial charge in [0.25, 0.3) is 0 Å². The van der Waals surface area contributed by atoms with E-state index in [1.54, 1.807) is 0 Å². The summed E-state index contributed by atoms with van der Waals surface area (Å²) in [4.78, 5) is 2.24. The lowest BCUT2D eigenvalue weighted by atomic mass is 10.1. The molecule has 0 heterocycles. The molecule has 0 aromatic rings. The lowest BCUT2D eigenvalue weighted by Crippen LogP contribution is -2.37. The minimum Gasteiger partial charge on any atom is -0.340 e. The van der Waals surface area contributed by atoms with Gasteiger partial charge in [0.15, 0.2) is 0 Å². The fourth-order valence-electron chi connectivity index (χ4n) is 5.02. The first-order valence-corrected chi connectivity index (χ1v) is 16.7. The predicted molar refractivity (Wildman–Crippen MR) is 161 cm³/mol. The Bertz CT molecular complexity index is 360. The summed E-state index contributed by atoms with van der Waals surface area (Å²) in [5, 5.41) is 0. The van der Waals surface area contributed by atoms with Crippen LogP contribution in [0.5, 0.6) is 0 Å². The van der Waals surface area contributed by atoms with Gasteiger partial charge in [-0.25, -0.2) is 0 Å². The largest absolute Gasteiger partial charge is 0.340 e. The third-order valence-electron chi connectivity index (χ3n) is 7.45. The van der Waals surface area contributed by atoms with Crippen LogP contribution in [0.2, 0.25) is 0 Å². The van der Waals surface area contributed by atoms with E-state index in [9.17, 15) is 0 Å². The topological polar surface area (TPSA) is 21.7 Å². The van der Waals surface area contributed by atoms with Crippen LogP contribution in [0.4, 0.5) is 0 Å². The van der Waals surface area contributed by atoms with Crippen molar-refractivity contribution in [1.29, 1.82) is 0 Å². The minimum absolute atomic E-state index is 0.162. The van der Waals surface area contributed by atoms with Crippen LogP contribution in [0.1, 0.15) is 181 Å². The van der Waals surface area contributed by atoms with Crippen molar-refractivity contribution >= 4 is 0 Å². The lowest BCUT2D eigenvalue weighted by molar-refractivity contribution is -0.218. The van der Waals surface area contributed by atoms with Crippen LogP contribution in [0, 0.1) is 0 Å². The average molecular weight is 512 g/mol. The fourth-order valence-corrected chi connectivity index (χ4v) is 5.02. The van der Waals surface area contributed by atoms with Crippen LogP contribution in [0.15, 0.2) is 0 Å². The minimum atomic E-state index is -0.162. The Morgan fingerprint density at radius 1 is 0.389 bits per heavy atom. The van der Waals surface area contributed by atoms with Crippen molar-refractivity contribution < 1.29 is 9.47 Å². The molecule has 0 aromatic heterocycles. The highest BCUT2D eigenvalue weighted by atomic mass is 16.7. The molecule has 0 aliphatic rings. The second-order valence-corrected chi connectivity index (χ2v) is 11.3. The van der Waals surface area contributed by atoms with Crippen LogP contribution >= 0.6 is 0 Å². The average Bonchev–Trinajstić information content (AvgIpc) is 2.88. The maximum Gasteiger partial charge on any atom is 0.218 e. The van der Waals surface area contributed by atoms with Crippen LogP contribution in [-0.4, -0.2) is 38.1 Å². The summed E-state index contributed by atoms with van der Waals surface area (Å²) in [5.41, 5.74) is 0. The van der Waals surface area contributed by atoms with Crippen molar-refractivity contribution in [3.8, 4) is 0 Å². The Balaban J connectivity index is 3.62. The molecular weight excluding hydrogens is 442 g/mol. The molecule has 0 saturated carbocycles. The maximum atomic E-state index is 6.16. The number of nitrogens with zero attached hydrogens (tertiary/aromatic N) is 1. The van der Waals surface area contributed by atoms with E-state index in [2.05, 4.69) is 32.7 Å². The van der Waals surface area contributed by atoms with Gasteiger partial charge in [-0.2, -0.15) is 0 Å². The zero-order chi connectivity index (χ0) is 26.4. The lowest BCUT2D eigenvalue weighted by Gasteiger charge is -2.27. The Kier molecular flexibility index (Phi) is 31.0. The summed E-state index contributed by atoms with van der Waals surface area (Å²) in [6, 6.07) is 0. The summed E-state index contributed by atoms with van der Waals surface area (Å²) in [7, 11) is 2.14. The van der Waals surface area contributed by atoms with Crippen molar-refractivity contribution in [1.82, 2.24) is 4.90 Å². The van der Waals surface area contributed by atoms with Crippen LogP contribution in [-0.2, 0) is 9.47 Å². The van der Waals surface area contributed by atoms with E-state index in [4.69, 9.17) is 9.47 Å². The van der Waals surface area contributed by atoms with Gasteiger partial charge in [-0.15, -0.1) is 0 Å². The van der Waals surface area contributed by atoms with Gasteiger partial charge in [0, 0.05) is 6.54 Å².